The van der Waals surface area contributed by atoms with Crippen molar-refractivity contribution in [2.24, 2.45) is 0 Å². The van der Waals surface area contributed by atoms with Crippen molar-refractivity contribution in [1.82, 2.24) is 19.6 Å². The van der Waals surface area contributed by atoms with Crippen LogP contribution in [0.2, 0.25) is 0 Å². The molecule has 124 valence electrons. The second kappa shape index (κ2) is 5.96. The van der Waals surface area contributed by atoms with E-state index in [0.29, 0.717) is 5.69 Å². The lowest BCUT2D eigenvalue weighted by Gasteiger charge is -2.21. The monoisotopic (exact) mass is 323 g/mol. The number of carbonyl (C=O) groups excluding carboxylic acids is 1. The van der Waals surface area contributed by atoms with Gasteiger partial charge in [-0.2, -0.15) is 10.2 Å². The Morgan fingerprint density at radius 1 is 1.17 bits per heavy atom. The first-order valence-electron chi connectivity index (χ1n) is 7.83. The molecule has 0 aliphatic carbocycles. The highest BCUT2D eigenvalue weighted by molar-refractivity contribution is 6.02. The maximum atomic E-state index is 12.4. The Labute approximate surface area is 141 Å². The maximum Gasteiger partial charge on any atom is 0.276 e. The molecule has 1 amide bonds. The molecular formula is C18H21N5O. The fourth-order valence-electron chi connectivity index (χ4n) is 2.58. The maximum absolute atomic E-state index is 12.4. The first-order chi connectivity index (χ1) is 11.3. The third-order valence-corrected chi connectivity index (χ3v) is 3.65. The van der Waals surface area contributed by atoms with Crippen LogP contribution in [-0.4, -0.2) is 25.5 Å². The van der Waals surface area contributed by atoms with Gasteiger partial charge in [-0.05, 0) is 64.1 Å². The lowest BCUT2D eigenvalue weighted by Crippen LogP contribution is -2.25. The van der Waals surface area contributed by atoms with E-state index in [-0.39, 0.29) is 11.4 Å². The van der Waals surface area contributed by atoms with Crippen molar-refractivity contribution in [3.05, 3.63) is 60.2 Å². The molecule has 0 unspecified atom stereocenters. The summed E-state index contributed by atoms with van der Waals surface area (Å²) >= 11 is 0. The second-order valence-corrected chi connectivity index (χ2v) is 6.71. The molecule has 0 bridgehead atoms. The molecule has 6 heteroatoms. The van der Waals surface area contributed by atoms with E-state index in [1.807, 2.05) is 48.1 Å². The Morgan fingerprint density at radius 2 is 1.88 bits per heavy atom. The minimum Gasteiger partial charge on any atom is -0.321 e. The molecule has 0 spiro atoms. The van der Waals surface area contributed by atoms with Gasteiger partial charge in [0.25, 0.3) is 5.91 Å². The zero-order valence-electron chi connectivity index (χ0n) is 14.3. The quantitative estimate of drug-likeness (QED) is 0.803. The normalized spacial score (nSPS) is 11.5. The zero-order valence-corrected chi connectivity index (χ0v) is 14.3. The smallest absolute Gasteiger partial charge is 0.276 e. The molecule has 1 aromatic carbocycles. The predicted molar refractivity (Wildman–Crippen MR) is 93.5 cm³/mol. The summed E-state index contributed by atoms with van der Waals surface area (Å²) in [5.41, 5.74) is 2.87. The van der Waals surface area contributed by atoms with Crippen molar-refractivity contribution in [3.63, 3.8) is 0 Å². The summed E-state index contributed by atoms with van der Waals surface area (Å²) in [6, 6.07) is 11.2. The van der Waals surface area contributed by atoms with Gasteiger partial charge in [-0.3, -0.25) is 9.48 Å². The Hall–Kier alpha value is -2.89. The molecule has 1 N–H and O–H groups in total. The first-order valence-corrected chi connectivity index (χ1v) is 7.83. The summed E-state index contributed by atoms with van der Waals surface area (Å²) in [5.74, 6) is -0.215. The minimum atomic E-state index is -0.215. The zero-order chi connectivity index (χ0) is 17.3. The van der Waals surface area contributed by atoms with Crippen molar-refractivity contribution in [3.8, 4) is 5.69 Å². The Kier molecular flexibility index (Phi) is 3.97. The summed E-state index contributed by atoms with van der Waals surface area (Å²) in [6.45, 7) is 8.13. The summed E-state index contributed by atoms with van der Waals surface area (Å²) in [4.78, 5) is 12.4. The number of nitrogens with one attached hydrogen (secondary N) is 1. The van der Waals surface area contributed by atoms with E-state index in [1.54, 1.807) is 16.9 Å². The summed E-state index contributed by atoms with van der Waals surface area (Å²) in [6.07, 6.45) is 3.60. The molecule has 0 saturated heterocycles. The number of hydrogen-bond acceptors (Lipinski definition) is 3. The molecule has 6 nitrogen and oxygen atoms in total. The van der Waals surface area contributed by atoms with E-state index in [2.05, 4.69) is 36.3 Å². The van der Waals surface area contributed by atoms with Crippen molar-refractivity contribution in [2.75, 3.05) is 5.32 Å². The van der Waals surface area contributed by atoms with Crippen LogP contribution in [0.3, 0.4) is 0 Å². The third-order valence-electron chi connectivity index (χ3n) is 3.65. The highest BCUT2D eigenvalue weighted by atomic mass is 16.1. The van der Waals surface area contributed by atoms with Gasteiger partial charge >= 0.3 is 0 Å². The van der Waals surface area contributed by atoms with Gasteiger partial charge in [0, 0.05) is 23.8 Å². The van der Waals surface area contributed by atoms with Crippen LogP contribution in [0.5, 0.6) is 0 Å². The number of benzene rings is 1. The van der Waals surface area contributed by atoms with Crippen molar-refractivity contribution in [2.45, 2.75) is 33.2 Å². The number of anilines is 1. The van der Waals surface area contributed by atoms with Gasteiger partial charge in [-0.1, -0.05) is 0 Å². The van der Waals surface area contributed by atoms with E-state index in [9.17, 15) is 4.79 Å². The highest BCUT2D eigenvalue weighted by Gasteiger charge is 2.20. The van der Waals surface area contributed by atoms with E-state index in [1.165, 1.54) is 0 Å². The van der Waals surface area contributed by atoms with Crippen LogP contribution in [0.4, 0.5) is 5.69 Å². The van der Waals surface area contributed by atoms with Crippen LogP contribution in [0.15, 0.2) is 48.8 Å². The molecule has 2 heterocycles. The van der Waals surface area contributed by atoms with Crippen LogP contribution >= 0.6 is 0 Å². The highest BCUT2D eigenvalue weighted by Crippen LogP contribution is 2.18. The van der Waals surface area contributed by atoms with Gasteiger partial charge in [0.2, 0.25) is 0 Å². The number of nitrogens with zero attached hydrogens (tertiary/aromatic N) is 4. The molecule has 3 rings (SSSR count). The summed E-state index contributed by atoms with van der Waals surface area (Å²) in [7, 11) is 0. The van der Waals surface area contributed by atoms with E-state index >= 15 is 0 Å². The average molecular weight is 323 g/mol. The van der Waals surface area contributed by atoms with E-state index in [0.717, 1.165) is 17.1 Å². The fraction of sp³-hybridized carbons (Fsp3) is 0.278. The molecule has 24 heavy (non-hydrogen) atoms. The number of hydrogen-bond donors (Lipinski definition) is 1. The SMILES string of the molecule is Cc1cc(C(=O)Nc2ccc(-n3cccn3)cc2)nn1C(C)(C)C. The van der Waals surface area contributed by atoms with Crippen molar-refractivity contribution >= 4 is 11.6 Å². The molecule has 0 radical (unpaired) electrons. The number of amides is 1. The van der Waals surface area contributed by atoms with Gasteiger partial charge in [-0.25, -0.2) is 4.68 Å². The molecular weight excluding hydrogens is 302 g/mol. The molecule has 0 atom stereocenters. The van der Waals surface area contributed by atoms with E-state index in [4.69, 9.17) is 0 Å². The van der Waals surface area contributed by atoms with Gasteiger partial charge in [0.15, 0.2) is 5.69 Å². The molecule has 0 saturated carbocycles. The standard InChI is InChI=1S/C18H21N5O/c1-13-12-16(21-23(13)18(2,3)4)17(24)20-14-6-8-15(9-7-14)22-11-5-10-19-22/h5-12H,1-4H3,(H,20,24). The molecule has 3 aromatic rings. The number of aromatic nitrogens is 4. The second-order valence-electron chi connectivity index (χ2n) is 6.71. The van der Waals surface area contributed by atoms with Crippen molar-refractivity contribution in [1.29, 1.82) is 0 Å². The number of rotatable bonds is 3. The minimum absolute atomic E-state index is 0.159. The number of carbonyl (C=O) groups is 1. The molecule has 2 aromatic heterocycles. The van der Waals surface area contributed by atoms with Crippen molar-refractivity contribution < 1.29 is 4.79 Å². The van der Waals surface area contributed by atoms with Gasteiger partial charge in [0.1, 0.15) is 0 Å². The number of aryl methyl sites for hydroxylation is 1. The lowest BCUT2D eigenvalue weighted by atomic mass is 10.1. The van der Waals surface area contributed by atoms with Gasteiger partial charge < -0.3 is 5.32 Å². The van der Waals surface area contributed by atoms with Gasteiger partial charge in [-0.15, -0.1) is 0 Å². The predicted octanol–water partition coefficient (Wildman–Crippen LogP) is 3.38. The summed E-state index contributed by atoms with van der Waals surface area (Å²) in [5, 5.41) is 11.5. The van der Waals surface area contributed by atoms with E-state index < -0.39 is 0 Å². The fourth-order valence-corrected chi connectivity index (χ4v) is 2.58. The van der Waals surface area contributed by atoms with Crippen LogP contribution in [0, 0.1) is 6.92 Å². The third kappa shape index (κ3) is 3.22. The Balaban J connectivity index is 1.75. The molecule has 0 aliphatic heterocycles. The molecule has 0 aliphatic rings. The van der Waals surface area contributed by atoms with Crippen LogP contribution in [-0.2, 0) is 5.54 Å². The topological polar surface area (TPSA) is 64.7 Å². The van der Waals surface area contributed by atoms with Crippen LogP contribution in [0.25, 0.3) is 5.69 Å². The molecule has 0 fully saturated rings. The van der Waals surface area contributed by atoms with Crippen LogP contribution in [0.1, 0.15) is 37.0 Å². The largest absolute Gasteiger partial charge is 0.321 e. The van der Waals surface area contributed by atoms with Gasteiger partial charge in [0.05, 0.1) is 11.2 Å². The Morgan fingerprint density at radius 3 is 2.42 bits per heavy atom. The Bertz CT molecular complexity index is 839. The average Bonchev–Trinajstić information content (AvgIpc) is 3.16. The first kappa shape index (κ1) is 16.0. The van der Waals surface area contributed by atoms with Crippen LogP contribution < -0.4 is 5.32 Å². The summed E-state index contributed by atoms with van der Waals surface area (Å²) < 4.78 is 3.63. The lowest BCUT2D eigenvalue weighted by molar-refractivity contribution is 0.102.